The summed E-state index contributed by atoms with van der Waals surface area (Å²) in [6, 6.07) is 8.45. The second-order valence-corrected chi connectivity index (χ2v) is 14.0. The third-order valence-corrected chi connectivity index (χ3v) is 9.56. The van der Waals surface area contributed by atoms with Crippen molar-refractivity contribution in [2.24, 2.45) is 23.2 Å². The smallest absolute Gasteiger partial charge is 0.380 e. The SMILES string of the molecule is CCCC(CCC)COC(=O)[C@H](C)C[P@](=O)(OC[C@@]1(COC(=O)C(C)C)C/C1=C/n1cc(F)c(N)nc1=O)Oc1ccccc1. The molecule has 1 aliphatic rings. The van der Waals surface area contributed by atoms with E-state index in [0.717, 1.165) is 36.4 Å². The van der Waals surface area contributed by atoms with Crippen molar-refractivity contribution < 1.29 is 37.1 Å². The molecule has 13 heteroatoms. The van der Waals surface area contributed by atoms with Crippen molar-refractivity contribution in [1.82, 2.24) is 9.55 Å². The fourth-order valence-electron chi connectivity index (χ4n) is 4.79. The molecule has 0 radical (unpaired) electrons. The van der Waals surface area contributed by atoms with E-state index in [4.69, 9.17) is 24.3 Å². The van der Waals surface area contributed by atoms with E-state index >= 15 is 0 Å². The average Bonchev–Trinajstić information content (AvgIpc) is 3.69. The number of esters is 2. The number of benzene rings is 1. The summed E-state index contributed by atoms with van der Waals surface area (Å²) in [6.45, 7) is 9.06. The van der Waals surface area contributed by atoms with Gasteiger partial charge in [0.1, 0.15) is 12.4 Å². The first-order chi connectivity index (χ1) is 21.3. The predicted molar refractivity (Wildman–Crippen MR) is 169 cm³/mol. The molecule has 1 aromatic heterocycles. The Hall–Kier alpha value is -3.50. The van der Waals surface area contributed by atoms with E-state index < -0.39 is 54.1 Å². The van der Waals surface area contributed by atoms with Crippen molar-refractivity contribution in [2.45, 2.75) is 66.7 Å². The molecule has 45 heavy (non-hydrogen) atoms. The Morgan fingerprint density at radius 3 is 2.38 bits per heavy atom. The maximum atomic E-state index is 14.3. The fraction of sp³-hybridized carbons (Fsp3) is 0.562. The minimum absolute atomic E-state index is 0.144. The second kappa shape index (κ2) is 16.2. The van der Waals surface area contributed by atoms with E-state index in [1.54, 1.807) is 51.1 Å². The van der Waals surface area contributed by atoms with Crippen LogP contribution in [0.2, 0.25) is 0 Å². The number of nitrogen functional groups attached to an aromatic ring is 1. The van der Waals surface area contributed by atoms with Crippen LogP contribution in [0.3, 0.4) is 0 Å². The van der Waals surface area contributed by atoms with Gasteiger partial charge in [0.2, 0.25) is 0 Å². The van der Waals surface area contributed by atoms with Crippen molar-refractivity contribution in [1.29, 1.82) is 0 Å². The monoisotopic (exact) mass is 649 g/mol. The van der Waals surface area contributed by atoms with Crippen LogP contribution in [0.15, 0.2) is 46.9 Å². The lowest BCUT2D eigenvalue weighted by Crippen LogP contribution is -2.26. The van der Waals surface area contributed by atoms with Crippen molar-refractivity contribution in [3.05, 3.63) is 58.4 Å². The Kier molecular flexibility index (Phi) is 12.9. The van der Waals surface area contributed by atoms with E-state index in [1.807, 2.05) is 0 Å². The van der Waals surface area contributed by atoms with Crippen molar-refractivity contribution in [3.63, 3.8) is 0 Å². The molecule has 1 aliphatic carbocycles. The minimum Gasteiger partial charge on any atom is -0.465 e. The van der Waals surface area contributed by atoms with Crippen molar-refractivity contribution in [2.75, 3.05) is 31.7 Å². The summed E-state index contributed by atoms with van der Waals surface area (Å²) >= 11 is 0. The van der Waals surface area contributed by atoms with E-state index in [0.29, 0.717) is 5.57 Å². The van der Waals surface area contributed by atoms with Gasteiger partial charge in [-0.3, -0.25) is 18.7 Å². The quantitative estimate of drug-likeness (QED) is 0.149. The molecule has 2 N–H and O–H groups in total. The zero-order valence-electron chi connectivity index (χ0n) is 26.7. The summed E-state index contributed by atoms with van der Waals surface area (Å²) < 4.78 is 52.3. The molecule has 1 fully saturated rings. The van der Waals surface area contributed by atoms with Gasteiger partial charge in [0.25, 0.3) is 0 Å². The number of rotatable bonds is 18. The first kappa shape index (κ1) is 36.0. The summed E-state index contributed by atoms with van der Waals surface area (Å²) in [5.74, 6) is -3.03. The number of ether oxygens (including phenoxy) is 2. The lowest BCUT2D eigenvalue weighted by atomic mass is 9.99. The molecule has 1 aromatic carbocycles. The molecule has 0 spiro atoms. The van der Waals surface area contributed by atoms with Gasteiger partial charge < -0.3 is 19.7 Å². The third kappa shape index (κ3) is 10.5. The van der Waals surface area contributed by atoms with Gasteiger partial charge in [0.05, 0.1) is 42.8 Å². The maximum absolute atomic E-state index is 14.3. The van der Waals surface area contributed by atoms with Gasteiger partial charge in [-0.2, -0.15) is 4.98 Å². The molecule has 0 saturated heterocycles. The number of hydrogen-bond donors (Lipinski definition) is 1. The molecule has 0 bridgehead atoms. The van der Waals surface area contributed by atoms with Crippen LogP contribution in [0.4, 0.5) is 10.2 Å². The Bertz CT molecular complexity index is 1440. The molecule has 0 amide bonds. The van der Waals surface area contributed by atoms with Crippen LogP contribution in [0, 0.1) is 29.0 Å². The Morgan fingerprint density at radius 2 is 1.76 bits per heavy atom. The summed E-state index contributed by atoms with van der Waals surface area (Å²) in [5.41, 5.74) is 4.20. The number of nitrogens with two attached hydrogens (primary N) is 1. The lowest BCUT2D eigenvalue weighted by Gasteiger charge is -2.25. The fourth-order valence-corrected chi connectivity index (χ4v) is 6.73. The summed E-state index contributed by atoms with van der Waals surface area (Å²) in [4.78, 5) is 41.1. The predicted octanol–water partition coefficient (Wildman–Crippen LogP) is 6.08. The molecular formula is C32H45FN3O8P. The minimum atomic E-state index is -4.01. The molecule has 1 saturated carbocycles. The second-order valence-electron chi connectivity index (χ2n) is 12.0. The number of carbonyl (C=O) groups is 2. The van der Waals surface area contributed by atoms with Crippen molar-refractivity contribution >= 4 is 31.6 Å². The highest BCUT2D eigenvalue weighted by Gasteiger charge is 2.52. The standard InChI is InChI=1S/C32H45FN3O8P/c1-6-11-24(12-7-2)18-41-30(38)23(5)19-45(40,44-26-13-9-8-10-14-26)43-21-32(20-42-29(37)22(3)4)15-25(32)16-36-17-27(33)28(34)35-31(36)39/h8-10,13-14,16-17,22-24H,6-7,11-12,15,18-21H2,1-5H3,(H2,34,35,39)/b25-16-/t23-,32+,45+/m1/s1. The molecule has 0 aliphatic heterocycles. The molecule has 3 rings (SSSR count). The molecule has 2 aromatic rings. The van der Waals surface area contributed by atoms with E-state index in [1.165, 1.54) is 6.20 Å². The Morgan fingerprint density at radius 1 is 1.09 bits per heavy atom. The van der Waals surface area contributed by atoms with Crippen LogP contribution in [-0.2, 0) is 28.2 Å². The highest BCUT2D eigenvalue weighted by atomic mass is 31.2. The van der Waals surface area contributed by atoms with Crippen LogP contribution in [0.25, 0.3) is 6.20 Å². The Labute approximate surface area is 263 Å². The van der Waals surface area contributed by atoms with Crippen molar-refractivity contribution in [3.8, 4) is 5.75 Å². The van der Waals surface area contributed by atoms with E-state index in [-0.39, 0.29) is 44.1 Å². The number of para-hydroxylation sites is 1. The number of nitrogens with zero attached hydrogens (tertiary/aromatic N) is 2. The number of hydrogen-bond acceptors (Lipinski definition) is 10. The normalized spacial score (nSPS) is 18.9. The summed E-state index contributed by atoms with van der Waals surface area (Å²) in [5, 5.41) is 0. The molecule has 3 atom stereocenters. The molecule has 1 heterocycles. The van der Waals surface area contributed by atoms with Gasteiger partial charge in [0.15, 0.2) is 11.6 Å². The number of carbonyl (C=O) groups excluding carboxylic acids is 2. The van der Waals surface area contributed by atoms with Gasteiger partial charge >= 0.3 is 25.2 Å². The topological polar surface area (TPSA) is 149 Å². The molecule has 248 valence electrons. The highest BCUT2D eigenvalue weighted by Crippen LogP contribution is 2.58. The van der Waals surface area contributed by atoms with Gasteiger partial charge in [-0.1, -0.05) is 65.7 Å². The van der Waals surface area contributed by atoms with Gasteiger partial charge in [-0.05, 0) is 42.9 Å². The largest absolute Gasteiger partial charge is 0.465 e. The Balaban J connectivity index is 1.83. The zero-order valence-corrected chi connectivity index (χ0v) is 27.6. The third-order valence-electron chi connectivity index (χ3n) is 7.56. The lowest BCUT2D eigenvalue weighted by molar-refractivity contribution is -0.150. The zero-order chi connectivity index (χ0) is 33.2. The number of halogens is 1. The first-order valence-electron chi connectivity index (χ1n) is 15.4. The first-order valence-corrected chi connectivity index (χ1v) is 17.1. The van der Waals surface area contributed by atoms with Crippen LogP contribution in [0.1, 0.15) is 66.7 Å². The average molecular weight is 650 g/mol. The summed E-state index contributed by atoms with van der Waals surface area (Å²) in [6.07, 6.45) is 6.15. The van der Waals surface area contributed by atoms with Crippen LogP contribution in [-0.4, -0.2) is 47.5 Å². The summed E-state index contributed by atoms with van der Waals surface area (Å²) in [7, 11) is -4.01. The molecule has 11 nitrogen and oxygen atoms in total. The van der Waals surface area contributed by atoms with Crippen LogP contribution < -0.4 is 15.9 Å². The number of aromatic nitrogens is 2. The van der Waals surface area contributed by atoms with E-state index in [2.05, 4.69) is 18.8 Å². The molecular weight excluding hydrogens is 604 g/mol. The van der Waals surface area contributed by atoms with Gasteiger partial charge in [-0.15, -0.1) is 0 Å². The van der Waals surface area contributed by atoms with Crippen LogP contribution >= 0.6 is 7.60 Å². The van der Waals surface area contributed by atoms with Crippen LogP contribution in [0.5, 0.6) is 5.75 Å². The van der Waals surface area contributed by atoms with Gasteiger partial charge in [0, 0.05) is 6.20 Å². The van der Waals surface area contributed by atoms with Gasteiger partial charge in [-0.25, -0.2) is 13.8 Å². The van der Waals surface area contributed by atoms with E-state index in [9.17, 15) is 23.3 Å². The number of anilines is 1. The maximum Gasteiger partial charge on any atom is 0.380 e. The molecule has 0 unspecified atom stereocenters. The highest BCUT2D eigenvalue weighted by molar-refractivity contribution is 7.54.